The molecule has 1 saturated heterocycles. The van der Waals surface area contributed by atoms with Crippen molar-refractivity contribution in [3.63, 3.8) is 0 Å². The average Bonchev–Trinajstić information content (AvgIpc) is 3.14. The Kier molecular flexibility index (Phi) is 9.45. The first-order valence-electron chi connectivity index (χ1n) is 10.1. The Morgan fingerprint density at radius 1 is 1.17 bits per heavy atom. The first-order valence-corrected chi connectivity index (χ1v) is 10.1. The number of nitrogens with zero attached hydrogens (tertiary/aromatic N) is 2. The van der Waals surface area contributed by atoms with Gasteiger partial charge in [-0.05, 0) is 37.0 Å². The number of aryl methyl sites for hydroxylation is 1. The predicted molar refractivity (Wildman–Crippen MR) is 130 cm³/mol. The summed E-state index contributed by atoms with van der Waals surface area (Å²) in [6.45, 7) is 5.36. The van der Waals surface area contributed by atoms with Crippen molar-refractivity contribution in [2.45, 2.75) is 37.9 Å². The molecule has 1 aliphatic heterocycles. The van der Waals surface area contributed by atoms with Gasteiger partial charge in [0.15, 0.2) is 5.96 Å². The number of halogens is 1. The maximum atomic E-state index is 5.64. The van der Waals surface area contributed by atoms with Gasteiger partial charge in [-0.15, -0.1) is 24.0 Å². The highest BCUT2D eigenvalue weighted by molar-refractivity contribution is 14.0. The fourth-order valence-electron chi connectivity index (χ4n) is 3.74. The Balaban J connectivity index is 0.00000300. The van der Waals surface area contributed by atoms with Gasteiger partial charge in [-0.2, -0.15) is 0 Å². The van der Waals surface area contributed by atoms with Crippen molar-refractivity contribution in [2.24, 2.45) is 12.0 Å². The van der Waals surface area contributed by atoms with Crippen molar-refractivity contribution in [3.8, 4) is 0 Å². The molecular formula is C22H34IN5O. The van der Waals surface area contributed by atoms with Crippen LogP contribution >= 0.6 is 24.0 Å². The Hall–Kier alpha value is -1.58. The second-order valence-corrected chi connectivity index (χ2v) is 7.63. The largest absolute Gasteiger partial charge is 0.381 e. The number of ether oxygens (including phenoxy) is 1. The second-order valence-electron chi connectivity index (χ2n) is 7.63. The van der Waals surface area contributed by atoms with Crippen LogP contribution in [0.3, 0.4) is 0 Å². The summed E-state index contributed by atoms with van der Waals surface area (Å²) >= 11 is 0. The lowest BCUT2D eigenvalue weighted by molar-refractivity contribution is 0.0355. The molecular weight excluding hydrogens is 477 g/mol. The molecule has 0 saturated carbocycles. The van der Waals surface area contributed by atoms with Crippen molar-refractivity contribution in [1.29, 1.82) is 0 Å². The van der Waals surface area contributed by atoms with Crippen LogP contribution < -0.4 is 16.0 Å². The lowest BCUT2D eigenvalue weighted by Crippen LogP contribution is -2.58. The van der Waals surface area contributed by atoms with E-state index >= 15 is 0 Å². The Morgan fingerprint density at radius 2 is 1.90 bits per heavy atom. The van der Waals surface area contributed by atoms with Gasteiger partial charge in [-0.3, -0.25) is 4.99 Å². The molecule has 3 N–H and O–H groups in total. The minimum Gasteiger partial charge on any atom is -0.381 e. The molecule has 7 heteroatoms. The zero-order valence-electron chi connectivity index (χ0n) is 17.6. The Bertz CT molecular complexity index is 756. The van der Waals surface area contributed by atoms with Crippen LogP contribution in [0.5, 0.6) is 0 Å². The van der Waals surface area contributed by atoms with E-state index in [9.17, 15) is 0 Å². The quantitative estimate of drug-likeness (QED) is 0.304. The highest BCUT2D eigenvalue weighted by Gasteiger charge is 2.34. The van der Waals surface area contributed by atoms with Crippen LogP contribution in [0.2, 0.25) is 0 Å². The van der Waals surface area contributed by atoms with Gasteiger partial charge in [0.1, 0.15) is 0 Å². The minimum absolute atomic E-state index is 0. The highest BCUT2D eigenvalue weighted by atomic mass is 127. The fourth-order valence-corrected chi connectivity index (χ4v) is 3.74. The van der Waals surface area contributed by atoms with Gasteiger partial charge >= 0.3 is 0 Å². The van der Waals surface area contributed by atoms with Crippen molar-refractivity contribution in [3.05, 3.63) is 59.9 Å². The fraction of sp³-hybridized carbons (Fsp3) is 0.500. The minimum atomic E-state index is -0.0160. The van der Waals surface area contributed by atoms with Crippen LogP contribution in [0, 0.1) is 0 Å². The number of guanidine groups is 1. The van der Waals surface area contributed by atoms with Crippen molar-refractivity contribution >= 4 is 29.9 Å². The molecule has 2 aromatic rings. The number of aromatic nitrogens is 1. The number of benzene rings is 1. The molecule has 1 aromatic carbocycles. The van der Waals surface area contributed by atoms with Gasteiger partial charge < -0.3 is 25.3 Å². The molecule has 1 fully saturated rings. The normalized spacial score (nSPS) is 17.3. The van der Waals surface area contributed by atoms with Gasteiger partial charge in [0.25, 0.3) is 0 Å². The van der Waals surface area contributed by atoms with Crippen LogP contribution in [-0.2, 0) is 18.3 Å². The van der Waals surface area contributed by atoms with Crippen molar-refractivity contribution in [1.82, 2.24) is 20.5 Å². The summed E-state index contributed by atoms with van der Waals surface area (Å²) < 4.78 is 7.69. The number of nitrogens with one attached hydrogen (secondary N) is 3. The summed E-state index contributed by atoms with van der Waals surface area (Å²) in [6.07, 6.45) is 6.13. The number of rotatable bonds is 7. The van der Waals surface area contributed by atoms with Gasteiger partial charge in [-0.1, -0.05) is 30.3 Å². The lowest BCUT2D eigenvalue weighted by atomic mass is 9.88. The van der Waals surface area contributed by atoms with Gasteiger partial charge in [0.2, 0.25) is 0 Å². The summed E-state index contributed by atoms with van der Waals surface area (Å²) in [5, 5.41) is 10.8. The van der Waals surface area contributed by atoms with E-state index in [4.69, 9.17) is 4.74 Å². The molecule has 160 valence electrons. The zero-order chi connectivity index (χ0) is 19.8. The maximum absolute atomic E-state index is 5.64. The molecule has 1 atom stereocenters. The summed E-state index contributed by atoms with van der Waals surface area (Å²) in [4.78, 5) is 4.39. The predicted octanol–water partition coefficient (Wildman–Crippen LogP) is 3.21. The number of hydrogen-bond donors (Lipinski definition) is 3. The standard InChI is InChI=1S/C22H33N5O.HI/c1-18(20-7-5-4-6-8-20)26-22(10-13-28-14-11-22)17-25-21(23-2)24-15-19-9-12-27(3)16-19;/h4-9,12,16,18,26H,10-11,13-15,17H2,1-3H3,(H2,23,24,25);1H. The van der Waals surface area contributed by atoms with Crippen LogP contribution in [0.1, 0.15) is 36.9 Å². The van der Waals surface area contributed by atoms with Crippen LogP contribution in [0.25, 0.3) is 0 Å². The van der Waals surface area contributed by atoms with E-state index in [0.29, 0.717) is 0 Å². The molecule has 0 amide bonds. The Labute approximate surface area is 191 Å². The summed E-state index contributed by atoms with van der Waals surface area (Å²) in [5.41, 5.74) is 2.53. The van der Waals surface area contributed by atoms with E-state index < -0.39 is 0 Å². The van der Waals surface area contributed by atoms with Crippen molar-refractivity contribution in [2.75, 3.05) is 26.8 Å². The van der Waals surface area contributed by atoms with Crippen molar-refractivity contribution < 1.29 is 4.74 Å². The monoisotopic (exact) mass is 511 g/mol. The van der Waals surface area contributed by atoms with E-state index in [0.717, 1.165) is 45.1 Å². The number of hydrogen-bond acceptors (Lipinski definition) is 3. The van der Waals surface area contributed by atoms with E-state index in [1.165, 1.54) is 11.1 Å². The van der Waals surface area contributed by atoms with Gasteiger partial charge in [-0.25, -0.2) is 0 Å². The van der Waals surface area contributed by atoms with Crippen LogP contribution in [0.4, 0.5) is 0 Å². The van der Waals surface area contributed by atoms with Crippen LogP contribution in [0.15, 0.2) is 53.8 Å². The molecule has 0 radical (unpaired) electrons. The number of aliphatic imine (C=N–C) groups is 1. The molecule has 29 heavy (non-hydrogen) atoms. The summed E-state index contributed by atoms with van der Waals surface area (Å²) in [5.74, 6) is 0.823. The smallest absolute Gasteiger partial charge is 0.191 e. The average molecular weight is 511 g/mol. The first kappa shape index (κ1) is 23.7. The molecule has 1 unspecified atom stereocenters. The van der Waals surface area contributed by atoms with E-state index in [-0.39, 0.29) is 35.6 Å². The third kappa shape index (κ3) is 7.01. The molecule has 2 heterocycles. The van der Waals surface area contributed by atoms with Gasteiger partial charge in [0.05, 0.1) is 0 Å². The molecule has 0 aliphatic carbocycles. The third-order valence-corrected chi connectivity index (χ3v) is 5.44. The zero-order valence-corrected chi connectivity index (χ0v) is 20.0. The highest BCUT2D eigenvalue weighted by Crippen LogP contribution is 2.25. The molecule has 6 nitrogen and oxygen atoms in total. The summed E-state index contributed by atoms with van der Waals surface area (Å²) in [6, 6.07) is 13.0. The molecule has 1 aliphatic rings. The molecule has 0 bridgehead atoms. The first-order chi connectivity index (χ1) is 13.6. The SMILES string of the molecule is CN=C(NCc1ccn(C)c1)NCC1(NC(C)c2ccccc2)CCOCC1.I. The lowest BCUT2D eigenvalue weighted by Gasteiger charge is -2.41. The molecule has 0 spiro atoms. The van der Waals surface area contributed by atoms with Gasteiger partial charge in [0, 0.05) is 64.4 Å². The van der Waals surface area contributed by atoms with E-state index in [1.54, 1.807) is 0 Å². The third-order valence-electron chi connectivity index (χ3n) is 5.44. The van der Waals surface area contributed by atoms with E-state index in [1.807, 2.05) is 14.1 Å². The molecule has 3 rings (SSSR count). The topological polar surface area (TPSA) is 62.6 Å². The Morgan fingerprint density at radius 3 is 2.52 bits per heavy atom. The molecule has 1 aromatic heterocycles. The maximum Gasteiger partial charge on any atom is 0.191 e. The summed E-state index contributed by atoms with van der Waals surface area (Å²) in [7, 11) is 3.85. The second kappa shape index (κ2) is 11.6. The van der Waals surface area contributed by atoms with E-state index in [2.05, 4.69) is 81.2 Å². The van der Waals surface area contributed by atoms with Crippen LogP contribution in [-0.4, -0.2) is 42.9 Å².